The third-order valence-electron chi connectivity index (χ3n) is 5.08. The summed E-state index contributed by atoms with van der Waals surface area (Å²) in [6.45, 7) is 2.52. The predicted molar refractivity (Wildman–Crippen MR) is 116 cm³/mol. The minimum atomic E-state index is -4.61. The van der Waals surface area contributed by atoms with Crippen LogP contribution in [-0.4, -0.2) is 49.2 Å². The number of halogens is 4. The Morgan fingerprint density at radius 3 is 2.52 bits per heavy atom. The Labute approximate surface area is 194 Å². The summed E-state index contributed by atoms with van der Waals surface area (Å²) in [6, 6.07) is 11.8. The molecule has 0 spiro atoms. The molecular weight excluding hydrogens is 461 g/mol. The fourth-order valence-electron chi connectivity index (χ4n) is 3.46. The van der Waals surface area contributed by atoms with Gasteiger partial charge in [-0.15, -0.1) is 0 Å². The molecule has 178 valence electrons. The summed E-state index contributed by atoms with van der Waals surface area (Å²) >= 11 is 5.83. The number of carbonyl (C=O) groups is 2. The number of urea groups is 1. The van der Waals surface area contributed by atoms with Gasteiger partial charge in [0.05, 0.1) is 37.8 Å². The Morgan fingerprint density at radius 2 is 1.88 bits per heavy atom. The summed E-state index contributed by atoms with van der Waals surface area (Å²) in [5, 5.41) is 2.59. The monoisotopic (exact) mass is 484 g/mol. The highest BCUT2D eigenvalue weighted by Gasteiger charge is 2.39. The standard InChI is InChI=1S/C23H24ClF3N2O4/c1-2-32-20(30)10-11-28-22(31)29-13-17(14-29)33-21(15-6-4-3-5-7-15)18-9-8-16(24)12-19(18)23(25,26)27/h3-9,12,17,21H,2,10-11,13-14H2,1H3,(H,28,31). The SMILES string of the molecule is CCOC(=O)CCNC(=O)N1CC(OC(c2ccccc2)c2ccc(Cl)cc2C(F)(F)F)C1. The summed E-state index contributed by atoms with van der Waals surface area (Å²) in [7, 11) is 0. The quantitative estimate of drug-likeness (QED) is 0.546. The topological polar surface area (TPSA) is 67.9 Å². The molecule has 2 aromatic rings. The van der Waals surface area contributed by atoms with Gasteiger partial charge in [-0.25, -0.2) is 4.79 Å². The lowest BCUT2D eigenvalue weighted by molar-refractivity contribution is -0.143. The van der Waals surface area contributed by atoms with Crippen molar-refractivity contribution in [2.75, 3.05) is 26.2 Å². The molecule has 1 N–H and O–H groups in total. The molecule has 1 unspecified atom stereocenters. The highest BCUT2D eigenvalue weighted by Crippen LogP contribution is 2.40. The predicted octanol–water partition coefficient (Wildman–Crippen LogP) is 4.81. The molecule has 6 nitrogen and oxygen atoms in total. The van der Waals surface area contributed by atoms with Crippen LogP contribution in [0.1, 0.15) is 36.1 Å². The minimum absolute atomic E-state index is 0.0211. The number of hydrogen-bond donors (Lipinski definition) is 1. The number of hydrogen-bond acceptors (Lipinski definition) is 4. The van der Waals surface area contributed by atoms with Gasteiger partial charge < -0.3 is 19.7 Å². The molecule has 1 aliphatic heterocycles. The van der Waals surface area contributed by atoms with Gasteiger partial charge in [-0.3, -0.25) is 4.79 Å². The van der Waals surface area contributed by atoms with Crippen LogP contribution < -0.4 is 5.32 Å². The summed E-state index contributed by atoms with van der Waals surface area (Å²) in [6.07, 6.45) is -6.00. The fourth-order valence-corrected chi connectivity index (χ4v) is 3.63. The number of rotatable bonds is 8. The Morgan fingerprint density at radius 1 is 1.18 bits per heavy atom. The molecule has 1 fully saturated rings. The van der Waals surface area contributed by atoms with Gasteiger partial charge in [0, 0.05) is 11.6 Å². The van der Waals surface area contributed by atoms with E-state index in [0.29, 0.717) is 5.56 Å². The molecule has 0 radical (unpaired) electrons. The summed E-state index contributed by atoms with van der Waals surface area (Å²) < 4.78 is 52.0. The van der Waals surface area contributed by atoms with Gasteiger partial charge in [0.2, 0.25) is 0 Å². The Kier molecular flexibility index (Phi) is 8.20. The molecule has 1 saturated heterocycles. The van der Waals surface area contributed by atoms with Crippen LogP contribution in [0.15, 0.2) is 48.5 Å². The lowest BCUT2D eigenvalue weighted by atomic mass is 9.95. The van der Waals surface area contributed by atoms with Crippen molar-refractivity contribution in [1.82, 2.24) is 10.2 Å². The third kappa shape index (κ3) is 6.61. The van der Waals surface area contributed by atoms with Crippen LogP contribution in [0.3, 0.4) is 0 Å². The summed E-state index contributed by atoms with van der Waals surface area (Å²) in [5.74, 6) is -0.406. The number of alkyl halides is 3. The zero-order valence-electron chi connectivity index (χ0n) is 17.9. The van der Waals surface area contributed by atoms with Gasteiger partial charge in [-0.2, -0.15) is 13.2 Å². The zero-order valence-corrected chi connectivity index (χ0v) is 18.7. The van der Waals surface area contributed by atoms with Crippen molar-refractivity contribution in [1.29, 1.82) is 0 Å². The van der Waals surface area contributed by atoms with Crippen LogP contribution in [0.25, 0.3) is 0 Å². The number of ether oxygens (including phenoxy) is 2. The van der Waals surface area contributed by atoms with Gasteiger partial charge in [0.15, 0.2) is 0 Å². The molecule has 0 bridgehead atoms. The molecule has 2 aromatic carbocycles. The van der Waals surface area contributed by atoms with E-state index >= 15 is 0 Å². The molecule has 1 heterocycles. The Hall–Kier alpha value is -2.78. The van der Waals surface area contributed by atoms with Crippen LogP contribution in [0.2, 0.25) is 5.02 Å². The normalized spacial score (nSPS) is 15.0. The molecule has 2 amide bonds. The van der Waals surface area contributed by atoms with E-state index in [9.17, 15) is 22.8 Å². The molecule has 1 atom stereocenters. The first-order valence-corrected chi connectivity index (χ1v) is 10.8. The maximum atomic E-state index is 13.7. The second-order valence-corrected chi connectivity index (χ2v) is 7.91. The first kappa shape index (κ1) is 24.9. The van der Waals surface area contributed by atoms with Crippen LogP contribution in [0.4, 0.5) is 18.0 Å². The van der Waals surface area contributed by atoms with Gasteiger partial charge in [-0.1, -0.05) is 48.0 Å². The molecule has 10 heteroatoms. The average Bonchev–Trinajstić information content (AvgIpc) is 2.73. The lowest BCUT2D eigenvalue weighted by Crippen LogP contribution is -2.58. The number of benzene rings is 2. The Bertz CT molecular complexity index is 966. The molecule has 1 aliphatic rings. The van der Waals surface area contributed by atoms with Crippen molar-refractivity contribution in [2.45, 2.75) is 31.7 Å². The molecular formula is C23H24ClF3N2O4. The van der Waals surface area contributed by atoms with Gasteiger partial charge >= 0.3 is 18.2 Å². The number of esters is 1. The van der Waals surface area contributed by atoms with Gasteiger partial charge in [0.25, 0.3) is 0 Å². The van der Waals surface area contributed by atoms with Crippen molar-refractivity contribution < 1.29 is 32.2 Å². The van der Waals surface area contributed by atoms with Gasteiger partial charge in [-0.05, 0) is 30.2 Å². The van der Waals surface area contributed by atoms with E-state index in [0.717, 1.165) is 6.07 Å². The van der Waals surface area contributed by atoms with Gasteiger partial charge in [0.1, 0.15) is 6.10 Å². The molecule has 3 rings (SSSR count). The van der Waals surface area contributed by atoms with E-state index in [2.05, 4.69) is 5.32 Å². The zero-order chi connectivity index (χ0) is 24.0. The smallest absolute Gasteiger partial charge is 0.416 e. The lowest BCUT2D eigenvalue weighted by Gasteiger charge is -2.41. The molecule has 0 aliphatic carbocycles. The van der Waals surface area contributed by atoms with Crippen molar-refractivity contribution in [3.63, 3.8) is 0 Å². The third-order valence-corrected chi connectivity index (χ3v) is 5.32. The highest BCUT2D eigenvalue weighted by atomic mass is 35.5. The maximum absolute atomic E-state index is 13.7. The number of likely N-dealkylation sites (tertiary alicyclic amines) is 1. The number of carbonyl (C=O) groups excluding carboxylic acids is 2. The number of amides is 2. The number of nitrogens with one attached hydrogen (secondary N) is 1. The minimum Gasteiger partial charge on any atom is -0.466 e. The van der Waals surface area contributed by atoms with Crippen LogP contribution >= 0.6 is 11.6 Å². The molecule has 33 heavy (non-hydrogen) atoms. The fraction of sp³-hybridized carbons (Fsp3) is 0.391. The van der Waals surface area contributed by atoms with E-state index in [4.69, 9.17) is 21.1 Å². The van der Waals surface area contributed by atoms with Crippen LogP contribution in [0.5, 0.6) is 0 Å². The van der Waals surface area contributed by atoms with Crippen molar-refractivity contribution >= 4 is 23.6 Å². The van der Waals surface area contributed by atoms with Crippen LogP contribution in [0, 0.1) is 0 Å². The van der Waals surface area contributed by atoms with Crippen molar-refractivity contribution in [3.05, 3.63) is 70.2 Å². The van der Waals surface area contributed by atoms with E-state index in [1.807, 2.05) is 0 Å². The van der Waals surface area contributed by atoms with Crippen molar-refractivity contribution in [2.24, 2.45) is 0 Å². The Balaban J connectivity index is 1.68. The molecule has 0 aromatic heterocycles. The first-order chi connectivity index (χ1) is 15.7. The maximum Gasteiger partial charge on any atom is 0.416 e. The second-order valence-electron chi connectivity index (χ2n) is 7.47. The average molecular weight is 485 g/mol. The summed E-state index contributed by atoms with van der Waals surface area (Å²) in [5.41, 5.74) is -0.352. The molecule has 0 saturated carbocycles. The van der Waals surface area contributed by atoms with E-state index in [1.165, 1.54) is 17.0 Å². The largest absolute Gasteiger partial charge is 0.466 e. The first-order valence-electron chi connectivity index (χ1n) is 10.4. The highest BCUT2D eigenvalue weighted by molar-refractivity contribution is 6.30. The van der Waals surface area contributed by atoms with E-state index in [-0.39, 0.29) is 49.3 Å². The van der Waals surface area contributed by atoms with Crippen molar-refractivity contribution in [3.8, 4) is 0 Å². The van der Waals surface area contributed by atoms with E-state index < -0.39 is 29.9 Å². The second kappa shape index (κ2) is 10.9. The van der Waals surface area contributed by atoms with E-state index in [1.54, 1.807) is 37.3 Å². The summed E-state index contributed by atoms with van der Waals surface area (Å²) in [4.78, 5) is 25.0. The number of nitrogens with zero attached hydrogens (tertiary/aromatic N) is 1. The van der Waals surface area contributed by atoms with Crippen LogP contribution in [-0.2, 0) is 20.4 Å².